The molecular weight excluding hydrogens is 298 g/mol. The third-order valence-electron chi connectivity index (χ3n) is 3.74. The number of carbonyl (C=O) groups excluding carboxylic acids is 1. The van der Waals surface area contributed by atoms with Gasteiger partial charge in [-0.2, -0.15) is 0 Å². The lowest BCUT2D eigenvalue weighted by Crippen LogP contribution is -2.38. The Morgan fingerprint density at radius 3 is 2.50 bits per heavy atom. The van der Waals surface area contributed by atoms with Gasteiger partial charge in [0.2, 0.25) is 0 Å². The molecule has 0 unspecified atom stereocenters. The summed E-state index contributed by atoms with van der Waals surface area (Å²) in [6.07, 6.45) is 1.78. The lowest BCUT2D eigenvalue weighted by Gasteiger charge is -2.15. The highest BCUT2D eigenvalue weighted by atomic mass is 16.2. The van der Waals surface area contributed by atoms with Crippen LogP contribution in [-0.2, 0) is 17.8 Å². The van der Waals surface area contributed by atoms with E-state index in [0.29, 0.717) is 18.8 Å². The Labute approximate surface area is 143 Å². The highest BCUT2D eigenvalue weighted by Gasteiger charge is 2.09. The first-order chi connectivity index (χ1) is 11.6. The molecule has 125 valence electrons. The topological polar surface area (TPSA) is 67.1 Å². The van der Waals surface area contributed by atoms with Crippen molar-refractivity contribution in [3.8, 4) is 0 Å². The molecule has 0 spiro atoms. The van der Waals surface area contributed by atoms with Crippen LogP contribution in [0.4, 0.5) is 0 Å². The largest absolute Gasteiger partial charge is 0.380 e. The molecule has 0 heterocycles. The van der Waals surface area contributed by atoms with Crippen molar-refractivity contribution < 1.29 is 4.79 Å². The molecule has 0 aliphatic heterocycles. The quantitative estimate of drug-likeness (QED) is 0.620. The number of nitrogens with two attached hydrogens (primary N) is 1. The van der Waals surface area contributed by atoms with Gasteiger partial charge in [0, 0.05) is 19.1 Å². The van der Waals surface area contributed by atoms with Crippen molar-refractivity contribution in [2.24, 2.45) is 5.73 Å². The summed E-state index contributed by atoms with van der Waals surface area (Å²) < 4.78 is 0. The molecule has 0 aromatic heterocycles. The zero-order valence-corrected chi connectivity index (χ0v) is 13.8. The molecule has 2 rings (SSSR count). The number of hydrogen-bond donors (Lipinski definition) is 3. The maximum atomic E-state index is 12.0. The number of amides is 1. The van der Waals surface area contributed by atoms with E-state index < -0.39 is 0 Å². The highest BCUT2D eigenvalue weighted by molar-refractivity contribution is 5.92. The van der Waals surface area contributed by atoms with Gasteiger partial charge in [-0.1, -0.05) is 61.2 Å². The first kappa shape index (κ1) is 17.8. The van der Waals surface area contributed by atoms with Gasteiger partial charge in [-0.3, -0.25) is 4.79 Å². The second-order valence-electron chi connectivity index (χ2n) is 5.73. The van der Waals surface area contributed by atoms with Crippen LogP contribution in [0.25, 0.3) is 0 Å². The molecule has 2 aromatic carbocycles. The summed E-state index contributed by atoms with van der Waals surface area (Å²) in [7, 11) is 0. The molecule has 4 N–H and O–H groups in total. The molecule has 0 aliphatic rings. The SMILES string of the molecule is C=C(NC[C@H](N)CCc1ccccc1)C(=O)NCc1cc[c]cc1. The van der Waals surface area contributed by atoms with Crippen LogP contribution in [0.1, 0.15) is 17.5 Å². The van der Waals surface area contributed by atoms with Gasteiger partial charge >= 0.3 is 0 Å². The van der Waals surface area contributed by atoms with Crippen LogP contribution in [0.15, 0.2) is 66.9 Å². The average molecular weight is 322 g/mol. The van der Waals surface area contributed by atoms with Crippen LogP contribution in [0.2, 0.25) is 0 Å². The van der Waals surface area contributed by atoms with E-state index in [2.05, 4.69) is 35.4 Å². The number of benzene rings is 2. The second kappa shape index (κ2) is 9.53. The third kappa shape index (κ3) is 6.26. The zero-order chi connectivity index (χ0) is 17.2. The van der Waals surface area contributed by atoms with Gasteiger partial charge in [0.15, 0.2) is 0 Å². The van der Waals surface area contributed by atoms with Gasteiger partial charge in [-0.15, -0.1) is 0 Å². The first-order valence-electron chi connectivity index (χ1n) is 8.10. The first-order valence-corrected chi connectivity index (χ1v) is 8.10. The van der Waals surface area contributed by atoms with Crippen molar-refractivity contribution in [1.82, 2.24) is 10.6 Å². The van der Waals surface area contributed by atoms with Crippen molar-refractivity contribution in [3.05, 3.63) is 84.1 Å². The molecule has 1 amide bonds. The van der Waals surface area contributed by atoms with E-state index in [1.54, 1.807) is 0 Å². The van der Waals surface area contributed by atoms with E-state index >= 15 is 0 Å². The Kier molecular flexibility index (Phi) is 7.05. The zero-order valence-electron chi connectivity index (χ0n) is 13.8. The maximum absolute atomic E-state index is 12.0. The van der Waals surface area contributed by atoms with Gasteiger partial charge < -0.3 is 16.4 Å². The van der Waals surface area contributed by atoms with Gasteiger partial charge in [-0.25, -0.2) is 0 Å². The lowest BCUT2D eigenvalue weighted by atomic mass is 10.1. The minimum absolute atomic E-state index is 0.0283. The number of rotatable bonds is 9. The predicted octanol–water partition coefficient (Wildman–Crippen LogP) is 2.17. The van der Waals surface area contributed by atoms with Gasteiger partial charge in [0.25, 0.3) is 5.91 Å². The molecule has 2 aromatic rings. The fourth-order valence-electron chi connectivity index (χ4n) is 2.26. The smallest absolute Gasteiger partial charge is 0.267 e. The normalized spacial score (nSPS) is 11.5. The minimum Gasteiger partial charge on any atom is -0.380 e. The number of carbonyl (C=O) groups is 1. The van der Waals surface area contributed by atoms with Crippen LogP contribution < -0.4 is 16.4 Å². The van der Waals surface area contributed by atoms with Crippen molar-refractivity contribution >= 4 is 5.91 Å². The summed E-state index contributed by atoms with van der Waals surface area (Å²) in [5.74, 6) is -0.210. The predicted molar refractivity (Wildman–Crippen MR) is 97.0 cm³/mol. The van der Waals surface area contributed by atoms with E-state index in [4.69, 9.17) is 5.73 Å². The van der Waals surface area contributed by atoms with Crippen molar-refractivity contribution in [2.45, 2.75) is 25.4 Å². The van der Waals surface area contributed by atoms with Gasteiger partial charge in [0.1, 0.15) is 0 Å². The van der Waals surface area contributed by atoms with E-state index in [9.17, 15) is 4.79 Å². The van der Waals surface area contributed by atoms with Crippen LogP contribution in [0.5, 0.6) is 0 Å². The molecule has 0 bridgehead atoms. The maximum Gasteiger partial charge on any atom is 0.267 e. The van der Waals surface area contributed by atoms with Crippen molar-refractivity contribution in [3.63, 3.8) is 0 Å². The van der Waals surface area contributed by atoms with Crippen LogP contribution in [0, 0.1) is 6.07 Å². The summed E-state index contributed by atoms with van der Waals surface area (Å²) in [6.45, 7) is 4.77. The molecule has 0 aliphatic carbocycles. The molecule has 4 nitrogen and oxygen atoms in total. The van der Waals surface area contributed by atoms with Crippen LogP contribution in [0.3, 0.4) is 0 Å². The van der Waals surface area contributed by atoms with E-state index in [1.807, 2.05) is 42.5 Å². The number of nitrogens with one attached hydrogen (secondary N) is 2. The summed E-state index contributed by atoms with van der Waals surface area (Å²) in [4.78, 5) is 12.0. The number of aryl methyl sites for hydroxylation is 1. The van der Waals surface area contributed by atoms with Gasteiger partial charge in [0.05, 0.1) is 5.70 Å². The summed E-state index contributed by atoms with van der Waals surface area (Å²) in [6, 6.07) is 20.6. The van der Waals surface area contributed by atoms with Gasteiger partial charge in [-0.05, 0) is 30.0 Å². The Hall–Kier alpha value is -2.59. The molecule has 4 heteroatoms. The fraction of sp³-hybridized carbons (Fsp3) is 0.250. The molecular formula is C20H24N3O. The summed E-state index contributed by atoms with van der Waals surface area (Å²) in [5, 5.41) is 5.84. The summed E-state index contributed by atoms with van der Waals surface area (Å²) >= 11 is 0. The second-order valence-corrected chi connectivity index (χ2v) is 5.73. The van der Waals surface area contributed by atoms with E-state index in [0.717, 1.165) is 18.4 Å². The Bertz CT molecular complexity index is 640. The van der Waals surface area contributed by atoms with Crippen LogP contribution in [-0.4, -0.2) is 18.5 Å². The molecule has 24 heavy (non-hydrogen) atoms. The molecule has 1 radical (unpaired) electrons. The molecule has 1 atom stereocenters. The Balaban J connectivity index is 1.65. The standard InChI is InChI=1S/C20H24N3O/c1-16(20(24)23-14-18-10-6-3-7-11-18)22-15-19(21)13-12-17-8-4-2-5-9-17/h2,4-11,19,22H,1,12-15,21H2,(H,23,24)/t19-/m1/s1. The Morgan fingerprint density at radius 2 is 1.79 bits per heavy atom. The molecule has 0 fully saturated rings. The molecule has 0 saturated heterocycles. The van der Waals surface area contributed by atoms with Crippen LogP contribution >= 0.6 is 0 Å². The third-order valence-corrected chi connectivity index (χ3v) is 3.74. The van der Waals surface area contributed by atoms with E-state index in [1.165, 1.54) is 5.56 Å². The molecule has 0 saturated carbocycles. The van der Waals surface area contributed by atoms with E-state index in [-0.39, 0.29) is 11.9 Å². The van der Waals surface area contributed by atoms with Crippen molar-refractivity contribution in [2.75, 3.05) is 6.54 Å². The lowest BCUT2D eigenvalue weighted by molar-refractivity contribution is -0.118. The van der Waals surface area contributed by atoms with Crippen molar-refractivity contribution in [1.29, 1.82) is 0 Å². The minimum atomic E-state index is -0.210. The Morgan fingerprint density at radius 1 is 1.08 bits per heavy atom. The average Bonchev–Trinajstić information content (AvgIpc) is 2.64. The monoisotopic (exact) mass is 322 g/mol. The fourth-order valence-corrected chi connectivity index (χ4v) is 2.26. The highest BCUT2D eigenvalue weighted by Crippen LogP contribution is 2.04. The number of hydrogen-bond acceptors (Lipinski definition) is 3. The summed E-state index contributed by atoms with van der Waals surface area (Å²) in [5.41, 5.74) is 8.73.